The maximum absolute atomic E-state index is 13.4. The second-order valence-corrected chi connectivity index (χ2v) is 5.80. The zero-order chi connectivity index (χ0) is 15.6. The van der Waals surface area contributed by atoms with Gasteiger partial charge in [0.05, 0.1) is 10.0 Å². The zero-order valence-electron chi connectivity index (χ0n) is 12.4. The highest BCUT2D eigenvalue weighted by Crippen LogP contribution is 2.33. The highest BCUT2D eigenvalue weighted by atomic mass is 79.9. The number of benzene rings is 1. The Morgan fingerprint density at radius 2 is 2.00 bits per heavy atom. The molecule has 0 radical (unpaired) electrons. The van der Waals surface area contributed by atoms with Crippen molar-refractivity contribution >= 4 is 21.7 Å². The highest BCUT2D eigenvalue weighted by Gasteiger charge is 2.15. The Labute approximate surface area is 131 Å². The number of anilines is 1. The first-order chi connectivity index (χ1) is 9.92. The Bertz CT molecular complexity index is 662. The molecule has 0 unspecified atom stereocenters. The number of rotatable bonds is 4. The predicted molar refractivity (Wildman–Crippen MR) is 84.6 cm³/mol. The molecule has 0 bridgehead atoms. The zero-order valence-corrected chi connectivity index (χ0v) is 14.0. The van der Waals surface area contributed by atoms with E-state index < -0.39 is 0 Å². The number of aromatic nitrogens is 2. The van der Waals surface area contributed by atoms with Gasteiger partial charge in [-0.25, -0.2) is 9.37 Å². The summed E-state index contributed by atoms with van der Waals surface area (Å²) in [4.78, 5) is 8.87. The number of nitrogens with zero attached hydrogens (tertiary/aromatic N) is 2. The molecular weight excluding hydrogens is 337 g/mol. The van der Waals surface area contributed by atoms with E-state index >= 15 is 0 Å². The average molecular weight is 354 g/mol. The molecule has 1 aromatic carbocycles. The van der Waals surface area contributed by atoms with Gasteiger partial charge in [0, 0.05) is 19.0 Å². The van der Waals surface area contributed by atoms with Crippen LogP contribution < -0.4 is 10.1 Å². The lowest BCUT2D eigenvalue weighted by Crippen LogP contribution is -2.06. The molecule has 6 heteroatoms. The second kappa shape index (κ2) is 6.39. The van der Waals surface area contributed by atoms with Crippen LogP contribution in [-0.4, -0.2) is 17.0 Å². The average Bonchev–Trinajstić information content (AvgIpc) is 2.44. The third-order valence-electron chi connectivity index (χ3n) is 2.97. The van der Waals surface area contributed by atoms with Crippen molar-refractivity contribution in [2.24, 2.45) is 0 Å². The van der Waals surface area contributed by atoms with Gasteiger partial charge in [-0.3, -0.25) is 0 Å². The van der Waals surface area contributed by atoms with Crippen LogP contribution in [0.3, 0.4) is 0 Å². The van der Waals surface area contributed by atoms with Crippen molar-refractivity contribution in [3.8, 4) is 11.6 Å². The summed E-state index contributed by atoms with van der Waals surface area (Å²) >= 11 is 3.34. The Morgan fingerprint density at radius 3 is 2.62 bits per heavy atom. The molecule has 112 valence electrons. The Morgan fingerprint density at radius 1 is 1.29 bits per heavy atom. The summed E-state index contributed by atoms with van der Waals surface area (Å²) in [7, 11) is 1.79. The van der Waals surface area contributed by atoms with Crippen LogP contribution in [-0.2, 0) is 0 Å². The topological polar surface area (TPSA) is 47.0 Å². The summed E-state index contributed by atoms with van der Waals surface area (Å²) in [6, 6.07) is 4.28. The van der Waals surface area contributed by atoms with Gasteiger partial charge in [-0.1, -0.05) is 13.8 Å². The van der Waals surface area contributed by atoms with Crippen LogP contribution in [0.1, 0.15) is 31.2 Å². The van der Waals surface area contributed by atoms with Crippen molar-refractivity contribution in [1.82, 2.24) is 9.97 Å². The van der Waals surface area contributed by atoms with E-state index in [0.29, 0.717) is 27.7 Å². The van der Waals surface area contributed by atoms with E-state index in [9.17, 15) is 4.39 Å². The number of nitrogens with one attached hydrogen (secondary N) is 1. The quantitative estimate of drug-likeness (QED) is 0.869. The van der Waals surface area contributed by atoms with Crippen molar-refractivity contribution in [2.45, 2.75) is 26.7 Å². The van der Waals surface area contributed by atoms with E-state index in [1.54, 1.807) is 13.1 Å². The number of hydrogen-bond acceptors (Lipinski definition) is 4. The van der Waals surface area contributed by atoms with Gasteiger partial charge in [0.15, 0.2) is 0 Å². The fourth-order valence-electron chi connectivity index (χ4n) is 1.77. The fraction of sp³-hybridized carbons (Fsp3) is 0.333. The molecule has 0 saturated heterocycles. The molecule has 0 fully saturated rings. The lowest BCUT2D eigenvalue weighted by atomic mass is 10.2. The SMILES string of the molecule is CNc1nc(C(C)C)nc(Oc2cc(F)ccc2Br)c1C. The van der Waals surface area contributed by atoms with Gasteiger partial charge >= 0.3 is 0 Å². The van der Waals surface area contributed by atoms with Crippen molar-refractivity contribution < 1.29 is 9.13 Å². The van der Waals surface area contributed by atoms with Gasteiger partial charge in [-0.05, 0) is 35.0 Å². The lowest BCUT2D eigenvalue weighted by molar-refractivity contribution is 0.446. The Hall–Kier alpha value is -1.69. The Kier molecular flexibility index (Phi) is 4.77. The number of ether oxygens (including phenoxy) is 1. The third-order valence-corrected chi connectivity index (χ3v) is 3.63. The van der Waals surface area contributed by atoms with E-state index in [-0.39, 0.29) is 11.7 Å². The van der Waals surface area contributed by atoms with E-state index in [4.69, 9.17) is 4.74 Å². The number of halogens is 2. The largest absolute Gasteiger partial charge is 0.437 e. The summed E-state index contributed by atoms with van der Waals surface area (Å²) in [5.74, 6) is 1.98. The van der Waals surface area contributed by atoms with Gasteiger partial charge in [0.25, 0.3) is 0 Å². The van der Waals surface area contributed by atoms with Crippen molar-refractivity contribution in [3.05, 3.63) is 39.9 Å². The molecule has 0 saturated carbocycles. The predicted octanol–water partition coefficient (Wildman–Crippen LogP) is 4.64. The van der Waals surface area contributed by atoms with Gasteiger partial charge in [-0.2, -0.15) is 4.98 Å². The molecule has 2 aromatic rings. The summed E-state index contributed by atoms with van der Waals surface area (Å²) in [5.41, 5.74) is 0.776. The molecule has 1 heterocycles. The maximum Gasteiger partial charge on any atom is 0.227 e. The van der Waals surface area contributed by atoms with Gasteiger partial charge in [-0.15, -0.1) is 0 Å². The minimum atomic E-state index is -0.363. The van der Waals surface area contributed by atoms with Gasteiger partial charge < -0.3 is 10.1 Å². The summed E-state index contributed by atoms with van der Waals surface area (Å²) in [6.45, 7) is 5.87. The van der Waals surface area contributed by atoms with Crippen molar-refractivity contribution in [2.75, 3.05) is 12.4 Å². The monoisotopic (exact) mass is 353 g/mol. The summed E-state index contributed by atoms with van der Waals surface area (Å²) in [6.07, 6.45) is 0. The molecule has 0 aliphatic rings. The molecule has 0 spiro atoms. The van der Waals surface area contributed by atoms with Gasteiger partial charge in [0.1, 0.15) is 23.2 Å². The highest BCUT2D eigenvalue weighted by molar-refractivity contribution is 9.10. The molecule has 0 atom stereocenters. The minimum Gasteiger partial charge on any atom is -0.437 e. The van der Waals surface area contributed by atoms with Gasteiger partial charge in [0.2, 0.25) is 5.88 Å². The van der Waals surface area contributed by atoms with Crippen molar-refractivity contribution in [3.63, 3.8) is 0 Å². The molecule has 4 nitrogen and oxygen atoms in total. The molecular formula is C15H17BrFN3O. The molecule has 0 aliphatic carbocycles. The van der Waals surface area contributed by atoms with Crippen LogP contribution in [0.4, 0.5) is 10.2 Å². The van der Waals surface area contributed by atoms with Crippen molar-refractivity contribution in [1.29, 1.82) is 0 Å². The van der Waals surface area contributed by atoms with E-state index in [1.165, 1.54) is 12.1 Å². The standard InChI is InChI=1S/C15H17BrFN3O/c1-8(2)13-19-14(18-4)9(3)15(20-13)21-12-7-10(17)5-6-11(12)16/h5-8H,1-4H3,(H,18,19,20). The molecule has 21 heavy (non-hydrogen) atoms. The maximum atomic E-state index is 13.4. The normalized spacial score (nSPS) is 10.8. The first kappa shape index (κ1) is 15.7. The summed E-state index contributed by atoms with van der Waals surface area (Å²) < 4.78 is 19.8. The first-order valence-corrected chi connectivity index (χ1v) is 7.41. The first-order valence-electron chi connectivity index (χ1n) is 6.61. The van der Waals surface area contributed by atoms with Crippen LogP contribution >= 0.6 is 15.9 Å². The molecule has 1 aromatic heterocycles. The third kappa shape index (κ3) is 3.50. The fourth-order valence-corrected chi connectivity index (χ4v) is 2.10. The summed E-state index contributed by atoms with van der Waals surface area (Å²) in [5, 5.41) is 3.03. The lowest BCUT2D eigenvalue weighted by Gasteiger charge is -2.15. The van der Waals surface area contributed by atoms with Crippen LogP contribution in [0.25, 0.3) is 0 Å². The minimum absolute atomic E-state index is 0.163. The van der Waals surface area contributed by atoms with E-state index in [1.807, 2.05) is 20.8 Å². The van der Waals surface area contributed by atoms with E-state index in [0.717, 1.165) is 5.56 Å². The Balaban J connectivity index is 2.47. The van der Waals surface area contributed by atoms with Crippen LogP contribution in [0.2, 0.25) is 0 Å². The molecule has 1 N–H and O–H groups in total. The van der Waals surface area contributed by atoms with E-state index in [2.05, 4.69) is 31.2 Å². The van der Waals surface area contributed by atoms with Crippen LogP contribution in [0.15, 0.2) is 22.7 Å². The number of hydrogen-bond donors (Lipinski definition) is 1. The second-order valence-electron chi connectivity index (χ2n) is 4.94. The molecule has 0 amide bonds. The van der Waals surface area contributed by atoms with Crippen LogP contribution in [0, 0.1) is 12.7 Å². The molecule has 0 aliphatic heterocycles. The smallest absolute Gasteiger partial charge is 0.227 e. The van der Waals surface area contributed by atoms with Crippen LogP contribution in [0.5, 0.6) is 11.6 Å². The molecule has 2 rings (SSSR count).